The number of nitrogens with zero attached hydrogens (tertiary/aromatic N) is 1. The number of carbonyl (C=O) groups is 1. The van der Waals surface area contributed by atoms with Gasteiger partial charge in [0.2, 0.25) is 10.0 Å². The molecular formula is C16H22N2O3S. The molecule has 1 aliphatic rings. The molecule has 5 nitrogen and oxygen atoms in total. The average Bonchev–Trinajstić information content (AvgIpc) is 2.69. The summed E-state index contributed by atoms with van der Waals surface area (Å²) in [5.41, 5.74) is 2.88. The third kappa shape index (κ3) is 2.80. The summed E-state index contributed by atoms with van der Waals surface area (Å²) in [7, 11) is -1.88. The summed E-state index contributed by atoms with van der Waals surface area (Å²) < 4.78 is 27.5. The smallest absolute Gasteiger partial charge is 0.258 e. The van der Waals surface area contributed by atoms with Gasteiger partial charge in [-0.1, -0.05) is 12.5 Å². The van der Waals surface area contributed by atoms with E-state index < -0.39 is 10.0 Å². The minimum Gasteiger partial charge on any atom is -0.311 e. The van der Waals surface area contributed by atoms with Gasteiger partial charge in [-0.15, -0.1) is 0 Å². The first-order valence-corrected chi connectivity index (χ1v) is 8.79. The zero-order chi connectivity index (χ0) is 16.7. The van der Waals surface area contributed by atoms with Crippen molar-refractivity contribution in [3.63, 3.8) is 0 Å². The molecule has 1 amide bonds. The summed E-state index contributed by atoms with van der Waals surface area (Å²) in [6.07, 6.45) is 0.713. The van der Waals surface area contributed by atoms with Gasteiger partial charge in [-0.25, -0.2) is 13.1 Å². The molecule has 1 atom stereocenters. The molecule has 0 fully saturated rings. The van der Waals surface area contributed by atoms with Crippen molar-refractivity contribution < 1.29 is 13.2 Å². The van der Waals surface area contributed by atoms with Crippen LogP contribution in [0.3, 0.4) is 0 Å². The maximum atomic E-state index is 12.4. The van der Waals surface area contributed by atoms with E-state index in [1.54, 1.807) is 30.1 Å². The van der Waals surface area contributed by atoms with Crippen molar-refractivity contribution in [2.75, 3.05) is 11.9 Å². The molecular weight excluding hydrogens is 300 g/mol. The summed E-state index contributed by atoms with van der Waals surface area (Å²) in [6, 6.07) is 4.69. The highest BCUT2D eigenvalue weighted by Crippen LogP contribution is 2.38. The number of likely N-dealkylation sites (N-methyl/N-ethyl adjacent to an activating group) is 1. The largest absolute Gasteiger partial charge is 0.311 e. The van der Waals surface area contributed by atoms with Crippen molar-refractivity contribution in [3.8, 4) is 0 Å². The number of benzene rings is 1. The quantitative estimate of drug-likeness (QED) is 0.866. The van der Waals surface area contributed by atoms with Crippen molar-refractivity contribution in [2.24, 2.45) is 0 Å². The molecule has 0 aromatic heterocycles. The maximum Gasteiger partial charge on any atom is 0.258 e. The molecule has 1 heterocycles. The monoisotopic (exact) mass is 322 g/mol. The number of hydrogen-bond acceptors (Lipinski definition) is 3. The highest BCUT2D eigenvalue weighted by Gasteiger charge is 2.32. The van der Waals surface area contributed by atoms with Crippen molar-refractivity contribution in [2.45, 2.75) is 45.1 Å². The van der Waals surface area contributed by atoms with Gasteiger partial charge in [0.05, 0.1) is 10.6 Å². The first-order chi connectivity index (χ1) is 10.2. The first-order valence-electron chi connectivity index (χ1n) is 7.31. The van der Waals surface area contributed by atoms with Crippen LogP contribution in [0.1, 0.15) is 39.7 Å². The number of amides is 1. The van der Waals surface area contributed by atoms with Crippen molar-refractivity contribution in [3.05, 3.63) is 29.3 Å². The van der Waals surface area contributed by atoms with Crippen LogP contribution in [0, 0.1) is 0 Å². The maximum absolute atomic E-state index is 12.4. The molecule has 1 aromatic carbocycles. The fraction of sp³-hybridized carbons (Fsp3) is 0.438. The van der Waals surface area contributed by atoms with Crippen LogP contribution in [0.4, 0.5) is 5.69 Å². The molecule has 120 valence electrons. The summed E-state index contributed by atoms with van der Waals surface area (Å²) >= 11 is 0. The van der Waals surface area contributed by atoms with Gasteiger partial charge >= 0.3 is 0 Å². The predicted molar refractivity (Wildman–Crippen MR) is 88.2 cm³/mol. The van der Waals surface area contributed by atoms with Crippen LogP contribution in [0.2, 0.25) is 0 Å². The van der Waals surface area contributed by atoms with Crippen LogP contribution >= 0.6 is 0 Å². The van der Waals surface area contributed by atoms with Gasteiger partial charge in [0.15, 0.2) is 0 Å². The van der Waals surface area contributed by atoms with E-state index in [2.05, 4.69) is 4.72 Å². The Morgan fingerprint density at radius 1 is 1.32 bits per heavy atom. The van der Waals surface area contributed by atoms with Gasteiger partial charge in [0, 0.05) is 24.2 Å². The van der Waals surface area contributed by atoms with Crippen LogP contribution in [-0.2, 0) is 14.8 Å². The number of carbonyl (C=O) groups excluding carboxylic acids is 1. The lowest BCUT2D eigenvalue weighted by Gasteiger charge is -2.13. The molecule has 2 rings (SSSR count). The molecule has 1 aliphatic heterocycles. The molecule has 0 aliphatic carbocycles. The Bertz CT molecular complexity index is 747. The van der Waals surface area contributed by atoms with Gasteiger partial charge < -0.3 is 4.90 Å². The molecule has 1 aromatic rings. The van der Waals surface area contributed by atoms with E-state index >= 15 is 0 Å². The molecule has 22 heavy (non-hydrogen) atoms. The third-order valence-corrected chi connectivity index (χ3v) is 5.48. The third-order valence-electron chi connectivity index (χ3n) is 3.90. The normalized spacial score (nSPS) is 16.0. The standard InChI is InChI=1S/C16H22N2O3S/c1-6-11(4)17-22(20,21)12-7-8-14-13(9-12)15(10(2)3)16(19)18(14)5/h7-9,11,17H,6H2,1-5H3/t11-/m1/s1. The zero-order valence-corrected chi connectivity index (χ0v) is 14.4. The Morgan fingerprint density at radius 3 is 2.50 bits per heavy atom. The summed E-state index contributed by atoms with van der Waals surface area (Å²) in [4.78, 5) is 14.0. The summed E-state index contributed by atoms with van der Waals surface area (Å²) in [5.74, 6) is -0.0977. The molecule has 0 saturated heterocycles. The second-order valence-corrected chi connectivity index (χ2v) is 7.56. The Labute approximate surface area is 132 Å². The van der Waals surface area contributed by atoms with Gasteiger partial charge in [-0.2, -0.15) is 0 Å². The van der Waals surface area contributed by atoms with E-state index in [1.807, 2.05) is 27.7 Å². The number of anilines is 1. The summed E-state index contributed by atoms with van der Waals surface area (Å²) in [5, 5.41) is 0. The highest BCUT2D eigenvalue weighted by molar-refractivity contribution is 7.89. The van der Waals surface area contributed by atoms with E-state index in [-0.39, 0.29) is 16.8 Å². The molecule has 0 unspecified atom stereocenters. The molecule has 0 bridgehead atoms. The Morgan fingerprint density at radius 2 is 1.95 bits per heavy atom. The number of allylic oxidation sites excluding steroid dienone is 1. The van der Waals surface area contributed by atoms with Crippen molar-refractivity contribution >= 4 is 27.2 Å². The van der Waals surface area contributed by atoms with Crippen LogP contribution in [0.5, 0.6) is 0 Å². The van der Waals surface area contributed by atoms with Crippen LogP contribution in [0.25, 0.3) is 5.57 Å². The molecule has 6 heteroatoms. The number of rotatable bonds is 4. The Hall–Kier alpha value is -1.66. The van der Waals surface area contributed by atoms with E-state index in [0.717, 1.165) is 11.3 Å². The Balaban J connectivity index is 2.54. The molecule has 0 radical (unpaired) electrons. The summed E-state index contributed by atoms with van der Waals surface area (Å²) in [6.45, 7) is 7.46. The number of hydrogen-bond donors (Lipinski definition) is 1. The molecule has 0 saturated carbocycles. The molecule has 1 N–H and O–H groups in total. The minimum atomic E-state index is -3.58. The van der Waals surface area contributed by atoms with Gasteiger partial charge in [-0.3, -0.25) is 4.79 Å². The van der Waals surface area contributed by atoms with Crippen LogP contribution in [0.15, 0.2) is 28.7 Å². The predicted octanol–water partition coefficient (Wildman–Crippen LogP) is 2.53. The van der Waals surface area contributed by atoms with Crippen LogP contribution in [-0.4, -0.2) is 27.4 Å². The van der Waals surface area contributed by atoms with Crippen molar-refractivity contribution in [1.29, 1.82) is 0 Å². The topological polar surface area (TPSA) is 66.5 Å². The average molecular weight is 322 g/mol. The number of fused-ring (bicyclic) bond motifs is 1. The second kappa shape index (κ2) is 5.85. The zero-order valence-electron chi connectivity index (χ0n) is 13.6. The van der Waals surface area contributed by atoms with Crippen molar-refractivity contribution in [1.82, 2.24) is 4.72 Å². The molecule has 0 spiro atoms. The van der Waals surface area contributed by atoms with E-state index in [0.29, 0.717) is 17.6 Å². The SMILES string of the molecule is CC[C@@H](C)NS(=O)(=O)c1ccc2c(c1)C(=C(C)C)C(=O)N2C. The highest BCUT2D eigenvalue weighted by atomic mass is 32.2. The van der Waals surface area contributed by atoms with Gasteiger partial charge in [0.1, 0.15) is 0 Å². The van der Waals surface area contributed by atoms with E-state index in [1.165, 1.54) is 0 Å². The van der Waals surface area contributed by atoms with E-state index in [4.69, 9.17) is 0 Å². The van der Waals surface area contributed by atoms with E-state index in [9.17, 15) is 13.2 Å². The number of sulfonamides is 1. The lowest BCUT2D eigenvalue weighted by atomic mass is 10.0. The fourth-order valence-electron chi connectivity index (χ4n) is 2.47. The van der Waals surface area contributed by atoms with Crippen LogP contribution < -0.4 is 9.62 Å². The number of nitrogens with one attached hydrogen (secondary N) is 1. The van der Waals surface area contributed by atoms with Gasteiger partial charge in [0.25, 0.3) is 5.91 Å². The Kier molecular flexibility index (Phi) is 4.44. The van der Waals surface area contributed by atoms with Gasteiger partial charge in [-0.05, 0) is 45.4 Å². The lowest BCUT2D eigenvalue weighted by Crippen LogP contribution is -2.32. The second-order valence-electron chi connectivity index (χ2n) is 5.85. The fourth-order valence-corrected chi connectivity index (χ4v) is 3.82. The lowest BCUT2D eigenvalue weighted by molar-refractivity contribution is -0.112. The first kappa shape index (κ1) is 16.7. The minimum absolute atomic E-state index is 0.0977.